The predicted molar refractivity (Wildman–Crippen MR) is 101 cm³/mol. The number of hydrogen-bond acceptors (Lipinski definition) is 3. The molecule has 2 rings (SSSR count). The number of rotatable bonds is 6. The van der Waals surface area contributed by atoms with Gasteiger partial charge in [-0.2, -0.15) is 0 Å². The first kappa shape index (κ1) is 19.2. The normalized spacial score (nSPS) is 17.9. The van der Waals surface area contributed by atoms with Gasteiger partial charge in [0, 0.05) is 51.6 Å². The van der Waals surface area contributed by atoms with E-state index in [0.717, 1.165) is 51.6 Å². The number of ether oxygens (including phenoxy) is 1. The fraction of sp³-hybridized carbons (Fsp3) is 0.625. The van der Waals surface area contributed by atoms with Crippen LogP contribution >= 0.6 is 24.0 Å². The van der Waals surface area contributed by atoms with E-state index in [9.17, 15) is 0 Å². The minimum absolute atomic E-state index is 0. The molecule has 0 aromatic carbocycles. The summed E-state index contributed by atoms with van der Waals surface area (Å²) in [6, 6.07) is 4.06. The quantitative estimate of drug-likeness (QED) is 0.437. The maximum absolute atomic E-state index is 5.44. The molecule has 1 aliphatic heterocycles. The van der Waals surface area contributed by atoms with E-state index in [1.165, 1.54) is 5.56 Å². The van der Waals surface area contributed by atoms with Gasteiger partial charge in [0.25, 0.3) is 0 Å². The Hall–Kier alpha value is -0.890. The molecule has 0 bridgehead atoms. The lowest BCUT2D eigenvalue weighted by molar-refractivity contribution is 0.181. The third-order valence-corrected chi connectivity index (χ3v) is 3.64. The van der Waals surface area contributed by atoms with Gasteiger partial charge in [-0.25, -0.2) is 0 Å². The smallest absolute Gasteiger partial charge is 0.193 e. The molecule has 124 valence electrons. The van der Waals surface area contributed by atoms with Gasteiger partial charge in [-0.3, -0.25) is 9.98 Å². The summed E-state index contributed by atoms with van der Waals surface area (Å²) in [6.45, 7) is 6.53. The van der Waals surface area contributed by atoms with Gasteiger partial charge in [0.15, 0.2) is 5.96 Å². The highest BCUT2D eigenvalue weighted by Gasteiger charge is 2.18. The van der Waals surface area contributed by atoms with Crippen molar-refractivity contribution in [1.82, 2.24) is 15.2 Å². The number of nitrogens with zero attached hydrogens (tertiary/aromatic N) is 3. The molecule has 1 saturated heterocycles. The molecule has 1 aromatic rings. The van der Waals surface area contributed by atoms with Crippen molar-refractivity contribution in [3.8, 4) is 0 Å². The molecule has 1 unspecified atom stereocenters. The van der Waals surface area contributed by atoms with Crippen LogP contribution in [0.15, 0.2) is 29.5 Å². The minimum atomic E-state index is 0. The lowest BCUT2D eigenvalue weighted by atomic mass is 10.1. The van der Waals surface area contributed by atoms with Gasteiger partial charge < -0.3 is 15.0 Å². The summed E-state index contributed by atoms with van der Waals surface area (Å²) in [5, 5.41) is 3.36. The fourth-order valence-corrected chi connectivity index (χ4v) is 2.51. The highest BCUT2D eigenvalue weighted by Crippen LogP contribution is 2.13. The second-order valence-electron chi connectivity index (χ2n) is 5.46. The van der Waals surface area contributed by atoms with Crippen molar-refractivity contribution in [1.29, 1.82) is 0 Å². The molecule has 5 nitrogen and oxygen atoms in total. The molecule has 1 aliphatic rings. The van der Waals surface area contributed by atoms with Crippen LogP contribution in [0.2, 0.25) is 0 Å². The molecule has 0 spiro atoms. The maximum Gasteiger partial charge on any atom is 0.193 e. The Morgan fingerprint density at radius 3 is 3.05 bits per heavy atom. The van der Waals surface area contributed by atoms with Crippen molar-refractivity contribution in [2.24, 2.45) is 10.9 Å². The Labute approximate surface area is 150 Å². The number of nitrogens with one attached hydrogen (secondary N) is 1. The molecule has 1 fully saturated rings. The number of hydrogen-bond donors (Lipinski definition) is 1. The topological polar surface area (TPSA) is 49.8 Å². The zero-order valence-electron chi connectivity index (χ0n) is 13.5. The summed E-state index contributed by atoms with van der Waals surface area (Å²) in [4.78, 5) is 11.1. The molecule has 0 saturated carbocycles. The van der Waals surface area contributed by atoms with Crippen LogP contribution in [-0.4, -0.2) is 55.7 Å². The molecule has 0 amide bonds. The molecule has 1 aromatic heterocycles. The predicted octanol–water partition coefficient (Wildman–Crippen LogP) is 2.18. The number of guanidine groups is 1. The van der Waals surface area contributed by atoms with Gasteiger partial charge in [-0.15, -0.1) is 24.0 Å². The van der Waals surface area contributed by atoms with Crippen molar-refractivity contribution < 1.29 is 4.74 Å². The second kappa shape index (κ2) is 10.8. The summed E-state index contributed by atoms with van der Waals surface area (Å²) >= 11 is 0. The van der Waals surface area contributed by atoms with Gasteiger partial charge in [-0.05, 0) is 31.4 Å². The van der Waals surface area contributed by atoms with Crippen LogP contribution in [0.1, 0.15) is 18.9 Å². The molecule has 6 heteroatoms. The van der Waals surface area contributed by atoms with Crippen LogP contribution in [0, 0.1) is 5.92 Å². The van der Waals surface area contributed by atoms with E-state index in [0.29, 0.717) is 5.92 Å². The highest BCUT2D eigenvalue weighted by atomic mass is 127. The largest absolute Gasteiger partial charge is 0.381 e. The first-order valence-corrected chi connectivity index (χ1v) is 7.75. The number of pyridine rings is 1. The van der Waals surface area contributed by atoms with Gasteiger partial charge in [0.2, 0.25) is 0 Å². The third-order valence-electron chi connectivity index (χ3n) is 3.64. The Balaban J connectivity index is 0.00000242. The monoisotopic (exact) mass is 418 g/mol. The lowest BCUT2D eigenvalue weighted by Gasteiger charge is -2.24. The van der Waals surface area contributed by atoms with E-state index in [4.69, 9.17) is 9.73 Å². The molecule has 0 aliphatic carbocycles. The zero-order chi connectivity index (χ0) is 14.9. The van der Waals surface area contributed by atoms with E-state index in [1.54, 1.807) is 6.20 Å². The van der Waals surface area contributed by atoms with Crippen molar-refractivity contribution in [2.45, 2.75) is 19.8 Å². The van der Waals surface area contributed by atoms with Crippen molar-refractivity contribution >= 4 is 29.9 Å². The summed E-state index contributed by atoms with van der Waals surface area (Å²) < 4.78 is 5.44. The molecular weight excluding hydrogens is 391 g/mol. The Morgan fingerprint density at radius 1 is 1.55 bits per heavy atom. The van der Waals surface area contributed by atoms with Gasteiger partial charge in [0.1, 0.15) is 0 Å². The van der Waals surface area contributed by atoms with E-state index in [2.05, 4.69) is 35.2 Å². The molecule has 22 heavy (non-hydrogen) atoms. The van der Waals surface area contributed by atoms with Gasteiger partial charge in [-0.1, -0.05) is 6.07 Å². The molecule has 1 N–H and O–H groups in total. The zero-order valence-corrected chi connectivity index (χ0v) is 15.8. The lowest BCUT2D eigenvalue weighted by Crippen LogP contribution is -2.41. The van der Waals surface area contributed by atoms with Crippen LogP contribution in [0.4, 0.5) is 0 Å². The van der Waals surface area contributed by atoms with E-state index in [-0.39, 0.29) is 24.0 Å². The number of halogens is 1. The Kier molecular flexibility index (Phi) is 9.38. The van der Waals surface area contributed by atoms with E-state index >= 15 is 0 Å². The van der Waals surface area contributed by atoms with Crippen molar-refractivity contribution in [2.75, 3.05) is 39.9 Å². The van der Waals surface area contributed by atoms with Crippen LogP contribution in [0.25, 0.3) is 0 Å². The molecule has 2 heterocycles. The van der Waals surface area contributed by atoms with Crippen LogP contribution in [0.5, 0.6) is 0 Å². The molecule has 0 radical (unpaired) electrons. The Morgan fingerprint density at radius 2 is 2.41 bits per heavy atom. The third kappa shape index (κ3) is 6.48. The minimum Gasteiger partial charge on any atom is -0.381 e. The average molecular weight is 418 g/mol. The molecular formula is C16H27IN4O. The standard InChI is InChI=1S/C16H26N4O.HI/c1-3-18-16(20(2)12-15-7-10-21-13-15)19-9-6-14-5-4-8-17-11-14;/h4-5,8,11,15H,3,6-7,9-10,12-13H2,1-2H3,(H,18,19);1H. The van der Waals surface area contributed by atoms with Crippen LogP contribution in [0.3, 0.4) is 0 Å². The summed E-state index contributed by atoms with van der Waals surface area (Å²) in [5.41, 5.74) is 1.23. The number of aliphatic imine (C=N–C) groups is 1. The van der Waals surface area contributed by atoms with Crippen molar-refractivity contribution in [3.05, 3.63) is 30.1 Å². The first-order chi connectivity index (χ1) is 10.3. The summed E-state index contributed by atoms with van der Waals surface area (Å²) in [7, 11) is 2.10. The highest BCUT2D eigenvalue weighted by molar-refractivity contribution is 14.0. The summed E-state index contributed by atoms with van der Waals surface area (Å²) in [5.74, 6) is 1.60. The second-order valence-corrected chi connectivity index (χ2v) is 5.46. The number of aromatic nitrogens is 1. The van der Waals surface area contributed by atoms with Gasteiger partial charge >= 0.3 is 0 Å². The fourth-order valence-electron chi connectivity index (χ4n) is 2.51. The Bertz CT molecular complexity index is 435. The van der Waals surface area contributed by atoms with E-state index < -0.39 is 0 Å². The van der Waals surface area contributed by atoms with Gasteiger partial charge in [0.05, 0.1) is 6.61 Å². The summed E-state index contributed by atoms with van der Waals surface area (Å²) in [6.07, 6.45) is 5.78. The van der Waals surface area contributed by atoms with Crippen molar-refractivity contribution in [3.63, 3.8) is 0 Å². The maximum atomic E-state index is 5.44. The first-order valence-electron chi connectivity index (χ1n) is 7.75. The SMILES string of the molecule is CCNC(=NCCc1cccnc1)N(C)CC1CCOC1.I. The average Bonchev–Trinajstić information content (AvgIpc) is 3.00. The van der Waals surface area contributed by atoms with Crippen LogP contribution < -0.4 is 5.32 Å². The van der Waals surface area contributed by atoms with Crippen LogP contribution in [-0.2, 0) is 11.2 Å². The van der Waals surface area contributed by atoms with E-state index in [1.807, 2.05) is 12.3 Å². The molecule has 1 atom stereocenters.